The lowest BCUT2D eigenvalue weighted by Crippen LogP contribution is -2.14. The van der Waals surface area contributed by atoms with Gasteiger partial charge in [0.05, 0.1) is 11.4 Å². The van der Waals surface area contributed by atoms with Gasteiger partial charge in [0.15, 0.2) is 5.82 Å². The molecule has 0 fully saturated rings. The molecule has 0 atom stereocenters. The van der Waals surface area contributed by atoms with E-state index in [-0.39, 0.29) is 5.41 Å². The van der Waals surface area contributed by atoms with Gasteiger partial charge in [-0.25, -0.2) is 9.97 Å². The van der Waals surface area contributed by atoms with E-state index in [1.165, 1.54) is 27.6 Å². The Morgan fingerprint density at radius 1 is 0.393 bits per heavy atom. The first-order chi connectivity index (χ1) is 27.5. The van der Waals surface area contributed by atoms with E-state index in [1.807, 2.05) is 18.2 Å². The van der Waals surface area contributed by atoms with Gasteiger partial charge >= 0.3 is 0 Å². The molecule has 8 aromatic carbocycles. The van der Waals surface area contributed by atoms with Crippen molar-refractivity contribution in [2.24, 2.45) is 0 Å². The number of nitrogens with zero attached hydrogens (tertiary/aromatic N) is 2. The van der Waals surface area contributed by atoms with Gasteiger partial charge in [0.1, 0.15) is 11.2 Å². The maximum atomic E-state index is 6.63. The van der Waals surface area contributed by atoms with Crippen LogP contribution in [0.15, 0.2) is 186 Å². The molecule has 1 aliphatic carbocycles. The van der Waals surface area contributed by atoms with E-state index in [0.29, 0.717) is 5.82 Å². The zero-order valence-corrected chi connectivity index (χ0v) is 31.1. The third-order valence-electron chi connectivity index (χ3n) is 11.7. The molecule has 264 valence electrons. The maximum absolute atomic E-state index is 6.63. The van der Waals surface area contributed by atoms with Gasteiger partial charge in [0.25, 0.3) is 0 Å². The van der Waals surface area contributed by atoms with Gasteiger partial charge in [-0.05, 0) is 98.4 Å². The molecule has 2 heterocycles. The molecule has 0 radical (unpaired) electrons. The summed E-state index contributed by atoms with van der Waals surface area (Å²) in [5.41, 5.74) is 16.2. The van der Waals surface area contributed by atoms with Gasteiger partial charge < -0.3 is 4.42 Å². The standard InChI is InChI=1S/C53H36N2O/c1-53(2)46-20-12-11-19-42(46)43-24-23-37(30-47(43)53)48-32-49(55-52(54-48)35-16-7-4-8-17-35)40-28-38(33-13-5-3-6-14-33)27-39(29-40)36-22-25-44-45-26-21-34-15-9-10-18-41(34)51(45)56-50(44)31-36/h3-32H,1-2H3. The molecule has 3 nitrogen and oxygen atoms in total. The Balaban J connectivity index is 1.10. The highest BCUT2D eigenvalue weighted by molar-refractivity contribution is 6.15. The molecule has 11 rings (SSSR count). The number of hydrogen-bond donors (Lipinski definition) is 0. The molecule has 1 aliphatic rings. The van der Waals surface area contributed by atoms with Crippen LogP contribution in [-0.4, -0.2) is 9.97 Å². The van der Waals surface area contributed by atoms with Gasteiger partial charge in [0.2, 0.25) is 0 Å². The van der Waals surface area contributed by atoms with E-state index in [2.05, 4.69) is 178 Å². The summed E-state index contributed by atoms with van der Waals surface area (Å²) < 4.78 is 6.63. The summed E-state index contributed by atoms with van der Waals surface area (Å²) in [6.45, 7) is 4.65. The van der Waals surface area contributed by atoms with E-state index < -0.39 is 0 Å². The van der Waals surface area contributed by atoms with Crippen molar-refractivity contribution in [3.05, 3.63) is 193 Å². The van der Waals surface area contributed by atoms with Gasteiger partial charge in [-0.15, -0.1) is 0 Å². The van der Waals surface area contributed by atoms with Crippen molar-refractivity contribution in [1.29, 1.82) is 0 Å². The van der Waals surface area contributed by atoms with Crippen molar-refractivity contribution in [2.75, 3.05) is 0 Å². The molecule has 0 amide bonds. The van der Waals surface area contributed by atoms with Crippen LogP contribution in [-0.2, 0) is 5.41 Å². The maximum Gasteiger partial charge on any atom is 0.160 e. The fourth-order valence-electron chi connectivity index (χ4n) is 8.75. The lowest BCUT2D eigenvalue weighted by molar-refractivity contribution is 0.660. The van der Waals surface area contributed by atoms with E-state index in [4.69, 9.17) is 14.4 Å². The van der Waals surface area contributed by atoms with Crippen LogP contribution in [0.1, 0.15) is 25.0 Å². The highest BCUT2D eigenvalue weighted by Gasteiger charge is 2.35. The Hall–Kier alpha value is -7.10. The Kier molecular flexibility index (Phi) is 7.20. The second-order valence-corrected chi connectivity index (χ2v) is 15.4. The predicted molar refractivity (Wildman–Crippen MR) is 232 cm³/mol. The number of fused-ring (bicyclic) bond motifs is 8. The van der Waals surface area contributed by atoms with E-state index in [9.17, 15) is 0 Å². The van der Waals surface area contributed by atoms with Crippen LogP contribution in [0.4, 0.5) is 0 Å². The summed E-state index contributed by atoms with van der Waals surface area (Å²) in [5.74, 6) is 0.698. The topological polar surface area (TPSA) is 38.9 Å². The summed E-state index contributed by atoms with van der Waals surface area (Å²) in [4.78, 5) is 10.5. The Morgan fingerprint density at radius 3 is 1.84 bits per heavy atom. The Morgan fingerprint density at radius 2 is 1.02 bits per heavy atom. The second kappa shape index (κ2) is 12.5. The summed E-state index contributed by atoms with van der Waals surface area (Å²) in [5, 5.41) is 4.54. The van der Waals surface area contributed by atoms with E-state index >= 15 is 0 Å². The SMILES string of the molecule is CC1(C)c2ccccc2-c2ccc(-c3cc(-c4cc(-c5ccccc5)cc(-c5ccc6c(c5)oc5c7ccccc7ccc65)c4)nc(-c4ccccc4)n3)cc21. The third-order valence-corrected chi connectivity index (χ3v) is 11.7. The molecule has 10 aromatic rings. The average molecular weight is 717 g/mol. The number of hydrogen-bond acceptors (Lipinski definition) is 3. The normalized spacial score (nSPS) is 13.0. The molecule has 0 spiro atoms. The molecule has 56 heavy (non-hydrogen) atoms. The van der Waals surface area contributed by atoms with Crippen LogP contribution < -0.4 is 0 Å². The quantitative estimate of drug-likeness (QED) is 0.178. The molecular weight excluding hydrogens is 681 g/mol. The minimum Gasteiger partial charge on any atom is -0.455 e. The zero-order valence-electron chi connectivity index (χ0n) is 31.1. The molecule has 0 unspecified atom stereocenters. The fraction of sp³-hybridized carbons (Fsp3) is 0.0566. The van der Waals surface area contributed by atoms with Gasteiger partial charge in [-0.2, -0.15) is 0 Å². The Labute approximate surface area is 325 Å². The van der Waals surface area contributed by atoms with Crippen molar-refractivity contribution in [3.8, 4) is 67.3 Å². The van der Waals surface area contributed by atoms with Crippen LogP contribution >= 0.6 is 0 Å². The lowest BCUT2D eigenvalue weighted by atomic mass is 9.82. The molecule has 2 aromatic heterocycles. The molecule has 0 saturated carbocycles. The van der Waals surface area contributed by atoms with E-state index in [0.717, 1.165) is 77.7 Å². The summed E-state index contributed by atoms with van der Waals surface area (Å²) >= 11 is 0. The number of furan rings is 1. The molecule has 0 N–H and O–H groups in total. The highest BCUT2D eigenvalue weighted by Crippen LogP contribution is 2.49. The van der Waals surface area contributed by atoms with Crippen molar-refractivity contribution in [2.45, 2.75) is 19.3 Å². The van der Waals surface area contributed by atoms with Crippen LogP contribution in [0.2, 0.25) is 0 Å². The molecule has 0 bridgehead atoms. The van der Waals surface area contributed by atoms with Crippen molar-refractivity contribution in [1.82, 2.24) is 9.97 Å². The van der Waals surface area contributed by atoms with Gasteiger partial charge in [-0.3, -0.25) is 0 Å². The fourth-order valence-corrected chi connectivity index (χ4v) is 8.75. The van der Waals surface area contributed by atoms with Crippen LogP contribution in [0.3, 0.4) is 0 Å². The number of benzene rings is 8. The summed E-state index contributed by atoms with van der Waals surface area (Å²) in [7, 11) is 0. The lowest BCUT2D eigenvalue weighted by Gasteiger charge is -2.22. The predicted octanol–water partition coefficient (Wildman–Crippen LogP) is 14.2. The molecular formula is C53H36N2O. The zero-order chi connectivity index (χ0) is 37.4. The van der Waals surface area contributed by atoms with Crippen molar-refractivity contribution in [3.63, 3.8) is 0 Å². The number of aromatic nitrogens is 2. The van der Waals surface area contributed by atoms with Crippen molar-refractivity contribution < 1.29 is 4.42 Å². The highest BCUT2D eigenvalue weighted by atomic mass is 16.3. The van der Waals surface area contributed by atoms with Crippen LogP contribution in [0.25, 0.3) is 100.0 Å². The average Bonchev–Trinajstić information content (AvgIpc) is 3.75. The molecule has 0 saturated heterocycles. The molecule has 0 aliphatic heterocycles. The number of rotatable bonds is 5. The first-order valence-electron chi connectivity index (χ1n) is 19.2. The molecule has 3 heteroatoms. The van der Waals surface area contributed by atoms with Crippen LogP contribution in [0.5, 0.6) is 0 Å². The van der Waals surface area contributed by atoms with Crippen LogP contribution in [0, 0.1) is 0 Å². The summed E-state index contributed by atoms with van der Waals surface area (Å²) in [6.07, 6.45) is 0. The first kappa shape index (κ1) is 32.3. The van der Waals surface area contributed by atoms with Crippen molar-refractivity contribution >= 4 is 32.7 Å². The minimum absolute atomic E-state index is 0.118. The largest absolute Gasteiger partial charge is 0.455 e. The van der Waals surface area contributed by atoms with Gasteiger partial charge in [0, 0.05) is 38.3 Å². The smallest absolute Gasteiger partial charge is 0.160 e. The third kappa shape index (κ3) is 5.20. The Bertz CT molecular complexity index is 3160. The first-order valence-corrected chi connectivity index (χ1v) is 19.2. The van der Waals surface area contributed by atoms with Gasteiger partial charge in [-0.1, -0.05) is 147 Å². The minimum atomic E-state index is -0.118. The monoisotopic (exact) mass is 716 g/mol. The van der Waals surface area contributed by atoms with E-state index in [1.54, 1.807) is 0 Å². The summed E-state index contributed by atoms with van der Waals surface area (Å²) in [6, 6.07) is 64.8. The second-order valence-electron chi connectivity index (χ2n) is 15.4.